The van der Waals surface area contributed by atoms with Gasteiger partial charge in [0.25, 0.3) is 0 Å². The Kier molecular flexibility index (Phi) is 13.2. The fourth-order valence-corrected chi connectivity index (χ4v) is 2.70. The molecule has 0 aliphatic rings. The van der Waals surface area contributed by atoms with Crippen molar-refractivity contribution in [3.8, 4) is 0 Å². The zero-order chi connectivity index (χ0) is 16.8. The number of nitrogens with one attached hydrogen (secondary N) is 1. The van der Waals surface area contributed by atoms with Crippen LogP contribution in [0.1, 0.15) is 65.4 Å². The highest BCUT2D eigenvalue weighted by molar-refractivity contribution is 5.25. The molecule has 1 atom stereocenters. The van der Waals surface area contributed by atoms with Gasteiger partial charge in [-0.15, -0.1) is 0 Å². The van der Waals surface area contributed by atoms with Gasteiger partial charge in [-0.05, 0) is 76.5 Å². The standard InChI is InChI=1S/C18H32N2.C2H6.H2/c1-5-14-20(4)15-12-17(6-2)18-9-7-16(8-10-18)11-13-19-3;1-2;/h7-10,17,19H,5-6,11-15H2,1-4H3;1-2H3;1H. The second-order valence-corrected chi connectivity index (χ2v) is 5.79. The average Bonchev–Trinajstić information content (AvgIpc) is 2.56. The molecule has 0 aliphatic heterocycles. The Morgan fingerprint density at radius 3 is 2.23 bits per heavy atom. The SMILES string of the molecule is CC.CCCN(C)CCC(CC)c1ccc(CCNC)cc1.[HH]. The molecule has 0 aliphatic carbocycles. The fourth-order valence-electron chi connectivity index (χ4n) is 2.70. The maximum absolute atomic E-state index is 3.20. The van der Waals surface area contributed by atoms with Gasteiger partial charge in [-0.2, -0.15) is 0 Å². The summed E-state index contributed by atoms with van der Waals surface area (Å²) in [7, 11) is 4.24. The van der Waals surface area contributed by atoms with Crippen molar-refractivity contribution in [1.29, 1.82) is 0 Å². The van der Waals surface area contributed by atoms with Crippen LogP contribution in [0.15, 0.2) is 24.3 Å². The first-order valence-electron chi connectivity index (χ1n) is 9.13. The molecule has 0 amide bonds. The Balaban J connectivity index is 0. The van der Waals surface area contributed by atoms with E-state index in [4.69, 9.17) is 0 Å². The second-order valence-electron chi connectivity index (χ2n) is 5.79. The lowest BCUT2D eigenvalue weighted by atomic mass is 9.92. The highest BCUT2D eigenvalue weighted by atomic mass is 15.1. The number of likely N-dealkylation sites (N-methyl/N-ethyl adjacent to an activating group) is 1. The summed E-state index contributed by atoms with van der Waals surface area (Å²) in [6.45, 7) is 12.0. The van der Waals surface area contributed by atoms with E-state index in [1.54, 1.807) is 0 Å². The number of rotatable bonds is 10. The van der Waals surface area contributed by atoms with Gasteiger partial charge in [-0.25, -0.2) is 0 Å². The van der Waals surface area contributed by atoms with Gasteiger partial charge >= 0.3 is 0 Å². The van der Waals surface area contributed by atoms with Crippen LogP contribution in [0.4, 0.5) is 0 Å². The zero-order valence-electron chi connectivity index (χ0n) is 15.8. The van der Waals surface area contributed by atoms with E-state index in [-0.39, 0.29) is 1.43 Å². The third-order valence-electron chi connectivity index (χ3n) is 4.07. The zero-order valence-corrected chi connectivity index (χ0v) is 15.8. The van der Waals surface area contributed by atoms with E-state index in [9.17, 15) is 0 Å². The van der Waals surface area contributed by atoms with Crippen LogP contribution in [0.2, 0.25) is 0 Å². The summed E-state index contributed by atoms with van der Waals surface area (Å²) in [6, 6.07) is 9.26. The summed E-state index contributed by atoms with van der Waals surface area (Å²) < 4.78 is 0. The molecule has 0 heterocycles. The van der Waals surface area contributed by atoms with Crippen LogP contribution in [0.25, 0.3) is 0 Å². The largest absolute Gasteiger partial charge is 0.319 e. The molecule has 1 N–H and O–H groups in total. The molecule has 1 aromatic carbocycles. The Hall–Kier alpha value is -0.860. The van der Waals surface area contributed by atoms with Crippen molar-refractivity contribution >= 4 is 0 Å². The second kappa shape index (κ2) is 13.8. The van der Waals surface area contributed by atoms with Crippen LogP contribution in [0.5, 0.6) is 0 Å². The summed E-state index contributed by atoms with van der Waals surface area (Å²) in [5.74, 6) is 0.702. The van der Waals surface area contributed by atoms with Crippen molar-refractivity contribution in [1.82, 2.24) is 10.2 Å². The van der Waals surface area contributed by atoms with Crippen molar-refractivity contribution in [3.05, 3.63) is 35.4 Å². The van der Waals surface area contributed by atoms with Gasteiger partial charge in [0, 0.05) is 1.43 Å². The van der Waals surface area contributed by atoms with Crippen molar-refractivity contribution < 1.29 is 1.43 Å². The maximum Gasteiger partial charge on any atom is 0 e. The van der Waals surface area contributed by atoms with E-state index in [0.29, 0.717) is 5.92 Å². The van der Waals surface area contributed by atoms with E-state index in [1.165, 1.54) is 43.5 Å². The predicted molar refractivity (Wildman–Crippen MR) is 103 cm³/mol. The Morgan fingerprint density at radius 1 is 1.09 bits per heavy atom. The molecule has 1 aromatic rings. The molecule has 0 fully saturated rings. The molecule has 130 valence electrons. The van der Waals surface area contributed by atoms with Gasteiger partial charge < -0.3 is 10.2 Å². The van der Waals surface area contributed by atoms with Crippen molar-refractivity contribution in [3.63, 3.8) is 0 Å². The molecule has 0 bridgehead atoms. The molecule has 0 saturated carbocycles. The van der Waals surface area contributed by atoms with E-state index in [0.717, 1.165) is 13.0 Å². The van der Waals surface area contributed by atoms with Crippen LogP contribution in [0.3, 0.4) is 0 Å². The number of nitrogens with zero attached hydrogens (tertiary/aromatic N) is 1. The molecule has 1 rings (SSSR count). The average molecular weight is 309 g/mol. The Morgan fingerprint density at radius 2 is 1.73 bits per heavy atom. The summed E-state index contributed by atoms with van der Waals surface area (Å²) in [6.07, 6.45) is 4.86. The van der Waals surface area contributed by atoms with Crippen molar-refractivity contribution in [2.45, 2.75) is 59.3 Å². The van der Waals surface area contributed by atoms with Crippen molar-refractivity contribution in [2.75, 3.05) is 33.7 Å². The Bertz CT molecular complexity index is 351. The molecule has 2 heteroatoms. The van der Waals surface area contributed by atoms with Crippen LogP contribution in [-0.2, 0) is 6.42 Å². The third kappa shape index (κ3) is 8.55. The predicted octanol–water partition coefficient (Wildman–Crippen LogP) is 4.95. The van der Waals surface area contributed by atoms with Gasteiger partial charge in [0.05, 0.1) is 0 Å². The van der Waals surface area contributed by atoms with Gasteiger partial charge in [0.1, 0.15) is 0 Å². The molecule has 0 saturated heterocycles. The third-order valence-corrected chi connectivity index (χ3v) is 4.07. The van der Waals surface area contributed by atoms with E-state index in [1.807, 2.05) is 20.9 Å². The first kappa shape index (κ1) is 21.1. The summed E-state index contributed by atoms with van der Waals surface area (Å²) in [5, 5.41) is 3.20. The lowest BCUT2D eigenvalue weighted by Crippen LogP contribution is -2.22. The molecule has 1 unspecified atom stereocenters. The van der Waals surface area contributed by atoms with Gasteiger partial charge in [0.2, 0.25) is 0 Å². The monoisotopic (exact) mass is 308 g/mol. The smallest absolute Gasteiger partial charge is 0 e. The first-order chi connectivity index (χ1) is 10.7. The van der Waals surface area contributed by atoms with E-state index in [2.05, 4.69) is 55.4 Å². The first-order valence-corrected chi connectivity index (χ1v) is 9.13. The number of hydrogen-bond acceptors (Lipinski definition) is 2. The fraction of sp³-hybridized carbons (Fsp3) is 0.700. The van der Waals surface area contributed by atoms with Crippen molar-refractivity contribution in [2.24, 2.45) is 0 Å². The molecule has 0 spiro atoms. The molecule has 22 heavy (non-hydrogen) atoms. The highest BCUT2D eigenvalue weighted by Gasteiger charge is 2.10. The quantitative estimate of drug-likeness (QED) is 0.658. The van der Waals surface area contributed by atoms with Gasteiger partial charge in [0.15, 0.2) is 0 Å². The molecule has 0 aromatic heterocycles. The van der Waals surface area contributed by atoms with Crippen LogP contribution >= 0.6 is 0 Å². The highest BCUT2D eigenvalue weighted by Crippen LogP contribution is 2.24. The lowest BCUT2D eigenvalue weighted by Gasteiger charge is -2.21. The minimum atomic E-state index is 0. The van der Waals surface area contributed by atoms with Gasteiger partial charge in [-0.3, -0.25) is 0 Å². The normalized spacial score (nSPS) is 12.0. The minimum absolute atomic E-state index is 0. The maximum atomic E-state index is 3.20. The van der Waals surface area contributed by atoms with E-state index < -0.39 is 0 Å². The molecule has 2 nitrogen and oxygen atoms in total. The summed E-state index contributed by atoms with van der Waals surface area (Å²) in [4.78, 5) is 2.45. The minimum Gasteiger partial charge on any atom is -0.319 e. The number of benzene rings is 1. The summed E-state index contributed by atoms with van der Waals surface area (Å²) >= 11 is 0. The number of hydrogen-bond donors (Lipinski definition) is 1. The topological polar surface area (TPSA) is 15.3 Å². The van der Waals surface area contributed by atoms with Crippen LogP contribution in [-0.4, -0.2) is 38.6 Å². The van der Waals surface area contributed by atoms with E-state index >= 15 is 0 Å². The van der Waals surface area contributed by atoms with Crippen LogP contribution in [0, 0.1) is 0 Å². The lowest BCUT2D eigenvalue weighted by molar-refractivity contribution is 0.317. The molecular formula is C20H40N2. The Labute approximate surface area is 140 Å². The van der Waals surface area contributed by atoms with Crippen LogP contribution < -0.4 is 5.32 Å². The molecule has 0 radical (unpaired) electrons. The molecular weight excluding hydrogens is 268 g/mol. The van der Waals surface area contributed by atoms with Gasteiger partial charge in [-0.1, -0.05) is 52.0 Å². The summed E-state index contributed by atoms with van der Waals surface area (Å²) in [5.41, 5.74) is 2.94.